The van der Waals surface area contributed by atoms with E-state index < -0.39 is 0 Å². The molecule has 2 atom stereocenters. The summed E-state index contributed by atoms with van der Waals surface area (Å²) in [5.41, 5.74) is 0. The molecule has 15 heavy (non-hydrogen) atoms. The van der Waals surface area contributed by atoms with E-state index in [0.29, 0.717) is 0 Å². The van der Waals surface area contributed by atoms with Crippen LogP contribution < -0.4 is 4.74 Å². The van der Waals surface area contributed by atoms with Gasteiger partial charge in [-0.05, 0) is 30.7 Å². The Morgan fingerprint density at radius 2 is 2.00 bits per heavy atom. The maximum Gasteiger partial charge on any atom is 0.130 e. The van der Waals surface area contributed by atoms with Gasteiger partial charge in [0.1, 0.15) is 11.9 Å². The Kier molecular flexibility index (Phi) is 4.03. The minimum Gasteiger partial charge on any atom is -0.487 e. The average molecular weight is 226 g/mol. The molecular formula is C12H18O2S. The zero-order valence-electron chi connectivity index (χ0n) is 8.89. The summed E-state index contributed by atoms with van der Waals surface area (Å²) in [5.74, 6) is 0.907. The van der Waals surface area contributed by atoms with Crippen LogP contribution in [0.15, 0.2) is 16.8 Å². The highest BCUT2D eigenvalue weighted by atomic mass is 32.1. The summed E-state index contributed by atoms with van der Waals surface area (Å²) in [4.78, 5) is 0. The monoisotopic (exact) mass is 226 g/mol. The first kappa shape index (κ1) is 11.0. The van der Waals surface area contributed by atoms with E-state index >= 15 is 0 Å². The summed E-state index contributed by atoms with van der Waals surface area (Å²) >= 11 is 1.63. The van der Waals surface area contributed by atoms with Gasteiger partial charge in [-0.25, -0.2) is 0 Å². The largest absolute Gasteiger partial charge is 0.487 e. The second kappa shape index (κ2) is 5.52. The van der Waals surface area contributed by atoms with Crippen LogP contribution in [-0.2, 0) is 0 Å². The van der Waals surface area contributed by atoms with E-state index in [9.17, 15) is 5.11 Å². The third-order valence-corrected chi connectivity index (χ3v) is 3.61. The normalized spacial score (nSPS) is 28.1. The van der Waals surface area contributed by atoms with Gasteiger partial charge in [0.25, 0.3) is 0 Å². The molecule has 2 nitrogen and oxygen atoms in total. The van der Waals surface area contributed by atoms with Crippen molar-refractivity contribution >= 4 is 11.3 Å². The lowest BCUT2D eigenvalue weighted by Crippen LogP contribution is -2.32. The molecule has 1 aromatic heterocycles. The Bertz CT molecular complexity index is 271. The number of ether oxygens (including phenoxy) is 1. The van der Waals surface area contributed by atoms with E-state index in [4.69, 9.17) is 4.74 Å². The highest BCUT2D eigenvalue weighted by Gasteiger charge is 2.22. The maximum absolute atomic E-state index is 9.95. The third-order valence-electron chi connectivity index (χ3n) is 2.95. The van der Waals surface area contributed by atoms with Gasteiger partial charge in [-0.1, -0.05) is 19.3 Å². The number of hydrogen-bond acceptors (Lipinski definition) is 3. The first-order valence-electron chi connectivity index (χ1n) is 5.73. The number of hydrogen-bond donors (Lipinski definition) is 1. The molecule has 1 aliphatic carbocycles. The smallest absolute Gasteiger partial charge is 0.130 e. The van der Waals surface area contributed by atoms with Crippen molar-refractivity contribution in [2.75, 3.05) is 0 Å². The Morgan fingerprint density at radius 1 is 1.20 bits per heavy atom. The van der Waals surface area contributed by atoms with Gasteiger partial charge >= 0.3 is 0 Å². The Hall–Kier alpha value is -0.540. The fourth-order valence-corrected chi connectivity index (χ4v) is 2.62. The summed E-state index contributed by atoms with van der Waals surface area (Å²) < 4.78 is 5.80. The van der Waals surface area contributed by atoms with Gasteiger partial charge < -0.3 is 9.84 Å². The van der Waals surface area contributed by atoms with Gasteiger partial charge in [0.2, 0.25) is 0 Å². The topological polar surface area (TPSA) is 29.5 Å². The Morgan fingerprint density at radius 3 is 2.73 bits per heavy atom. The van der Waals surface area contributed by atoms with E-state index in [1.165, 1.54) is 19.3 Å². The van der Waals surface area contributed by atoms with Crippen LogP contribution in [0.25, 0.3) is 0 Å². The number of rotatable bonds is 2. The third kappa shape index (κ3) is 3.21. The van der Waals surface area contributed by atoms with Gasteiger partial charge in [-0.2, -0.15) is 0 Å². The molecule has 1 N–H and O–H groups in total. The van der Waals surface area contributed by atoms with Crippen LogP contribution in [0.5, 0.6) is 5.75 Å². The van der Waals surface area contributed by atoms with Gasteiger partial charge in [-0.15, -0.1) is 11.3 Å². The fraction of sp³-hybridized carbons (Fsp3) is 0.667. The van der Waals surface area contributed by atoms with E-state index in [1.54, 1.807) is 11.3 Å². The van der Waals surface area contributed by atoms with E-state index in [-0.39, 0.29) is 12.2 Å². The summed E-state index contributed by atoms with van der Waals surface area (Å²) in [5, 5.41) is 13.9. The second-order valence-electron chi connectivity index (χ2n) is 4.17. The molecule has 1 fully saturated rings. The fourth-order valence-electron chi connectivity index (χ4n) is 2.06. The predicted molar refractivity (Wildman–Crippen MR) is 62.4 cm³/mol. The van der Waals surface area contributed by atoms with Crippen LogP contribution in [0.4, 0.5) is 0 Å². The molecule has 84 valence electrons. The van der Waals surface area contributed by atoms with Crippen molar-refractivity contribution in [3.63, 3.8) is 0 Å². The van der Waals surface area contributed by atoms with Gasteiger partial charge in [-0.3, -0.25) is 0 Å². The molecule has 0 unspecified atom stereocenters. The Labute approximate surface area is 94.9 Å². The van der Waals surface area contributed by atoms with Crippen LogP contribution in [0.2, 0.25) is 0 Å². The van der Waals surface area contributed by atoms with E-state index in [0.717, 1.165) is 25.0 Å². The van der Waals surface area contributed by atoms with Crippen LogP contribution in [-0.4, -0.2) is 17.3 Å². The van der Waals surface area contributed by atoms with Crippen molar-refractivity contribution in [3.05, 3.63) is 16.8 Å². The molecule has 0 aliphatic heterocycles. The first-order valence-corrected chi connectivity index (χ1v) is 6.67. The maximum atomic E-state index is 9.95. The van der Waals surface area contributed by atoms with Crippen molar-refractivity contribution < 1.29 is 9.84 Å². The number of thiophene rings is 1. The molecule has 1 aliphatic rings. The molecule has 0 saturated heterocycles. The first-order chi connectivity index (χ1) is 7.36. The van der Waals surface area contributed by atoms with Crippen molar-refractivity contribution in [2.45, 2.75) is 50.7 Å². The second-order valence-corrected chi connectivity index (χ2v) is 4.95. The predicted octanol–water partition coefficient (Wildman–Crippen LogP) is 3.21. The molecule has 0 spiro atoms. The highest BCUT2D eigenvalue weighted by molar-refractivity contribution is 7.08. The molecule has 1 heterocycles. The van der Waals surface area contributed by atoms with Crippen molar-refractivity contribution in [3.8, 4) is 5.75 Å². The van der Waals surface area contributed by atoms with Crippen molar-refractivity contribution in [1.82, 2.24) is 0 Å². The lowest BCUT2D eigenvalue weighted by atomic mass is 9.96. The van der Waals surface area contributed by atoms with Gasteiger partial charge in [0, 0.05) is 5.38 Å². The van der Waals surface area contributed by atoms with Crippen molar-refractivity contribution in [2.24, 2.45) is 0 Å². The highest BCUT2D eigenvalue weighted by Crippen LogP contribution is 2.24. The lowest BCUT2D eigenvalue weighted by molar-refractivity contribution is 0.0190. The molecule has 1 aromatic rings. The van der Waals surface area contributed by atoms with E-state index in [1.807, 2.05) is 16.8 Å². The number of aliphatic hydroxyl groups is 1. The standard InChI is InChI=1S/C12H18O2S/c13-11-5-3-1-2-4-6-12(11)14-10-7-8-15-9-10/h7-9,11-13H,1-6H2/t11-,12+/m0/s1. The lowest BCUT2D eigenvalue weighted by Gasteiger charge is -2.25. The zero-order valence-corrected chi connectivity index (χ0v) is 9.71. The van der Waals surface area contributed by atoms with Crippen LogP contribution in [0, 0.1) is 0 Å². The summed E-state index contributed by atoms with van der Waals surface area (Å²) in [6, 6.07) is 1.97. The summed E-state index contributed by atoms with van der Waals surface area (Å²) in [6.45, 7) is 0. The quantitative estimate of drug-likeness (QED) is 0.839. The number of aliphatic hydroxyl groups excluding tert-OH is 1. The molecular weight excluding hydrogens is 208 g/mol. The molecule has 3 heteroatoms. The summed E-state index contributed by atoms with van der Waals surface area (Å²) in [7, 11) is 0. The van der Waals surface area contributed by atoms with Gasteiger partial charge in [0.15, 0.2) is 0 Å². The molecule has 0 radical (unpaired) electrons. The molecule has 0 bridgehead atoms. The van der Waals surface area contributed by atoms with E-state index in [2.05, 4.69) is 0 Å². The molecule has 1 saturated carbocycles. The molecule has 0 aromatic carbocycles. The molecule has 2 rings (SSSR count). The molecule has 0 amide bonds. The summed E-state index contributed by atoms with van der Waals surface area (Å²) in [6.07, 6.45) is 6.41. The van der Waals surface area contributed by atoms with Crippen molar-refractivity contribution in [1.29, 1.82) is 0 Å². The van der Waals surface area contributed by atoms with Crippen LogP contribution in [0.3, 0.4) is 0 Å². The average Bonchev–Trinajstić information content (AvgIpc) is 2.70. The zero-order chi connectivity index (χ0) is 10.5. The SMILES string of the molecule is O[C@H]1CCCCCC[C@H]1Oc1ccsc1. The Balaban J connectivity index is 1.92. The van der Waals surface area contributed by atoms with Gasteiger partial charge in [0.05, 0.1) is 6.10 Å². The minimum atomic E-state index is -0.287. The minimum absolute atomic E-state index is 0.0000926. The van der Waals surface area contributed by atoms with Crippen LogP contribution >= 0.6 is 11.3 Å². The van der Waals surface area contributed by atoms with Crippen LogP contribution in [0.1, 0.15) is 38.5 Å².